The maximum absolute atomic E-state index is 13.2. The summed E-state index contributed by atoms with van der Waals surface area (Å²) in [6.45, 7) is 0. The van der Waals surface area contributed by atoms with Gasteiger partial charge in [0, 0.05) is 30.7 Å². The Morgan fingerprint density at radius 2 is 1.81 bits per heavy atom. The third-order valence-corrected chi connectivity index (χ3v) is 4.48. The molecule has 3 rings (SSSR count). The average Bonchev–Trinajstić information content (AvgIpc) is 2.79. The number of fused-ring (bicyclic) bond motifs is 2. The van der Waals surface area contributed by atoms with E-state index in [1.165, 1.54) is 6.07 Å². The molecule has 116 valence electrons. The SMILES string of the molecule is CN(C(=O)c1ccc(F)c(F)c1)C1CC2CCC(C1)N2.Cl. The van der Waals surface area contributed by atoms with Gasteiger partial charge in [-0.25, -0.2) is 8.78 Å². The summed E-state index contributed by atoms with van der Waals surface area (Å²) in [6, 6.07) is 4.46. The number of nitrogens with one attached hydrogen (secondary N) is 1. The molecule has 2 saturated heterocycles. The Hall–Kier alpha value is -1.20. The van der Waals surface area contributed by atoms with Gasteiger partial charge in [-0.2, -0.15) is 0 Å². The Kier molecular flexibility index (Phi) is 4.84. The molecule has 2 aliphatic heterocycles. The fraction of sp³-hybridized carbons (Fsp3) is 0.533. The van der Waals surface area contributed by atoms with Crippen LogP contribution in [-0.2, 0) is 0 Å². The smallest absolute Gasteiger partial charge is 0.253 e. The van der Waals surface area contributed by atoms with Crippen LogP contribution in [0.5, 0.6) is 0 Å². The van der Waals surface area contributed by atoms with Crippen LogP contribution < -0.4 is 5.32 Å². The second kappa shape index (κ2) is 6.28. The quantitative estimate of drug-likeness (QED) is 0.910. The molecule has 2 unspecified atom stereocenters. The molecule has 0 radical (unpaired) electrons. The zero-order valence-electron chi connectivity index (χ0n) is 11.8. The number of hydrogen-bond acceptors (Lipinski definition) is 2. The summed E-state index contributed by atoms with van der Waals surface area (Å²) >= 11 is 0. The van der Waals surface area contributed by atoms with Gasteiger partial charge in [-0.05, 0) is 43.9 Å². The van der Waals surface area contributed by atoms with Gasteiger partial charge in [0.2, 0.25) is 0 Å². The minimum absolute atomic E-state index is 0. The van der Waals surface area contributed by atoms with Crippen LogP contribution in [0.4, 0.5) is 8.78 Å². The molecule has 0 aliphatic carbocycles. The average molecular weight is 317 g/mol. The lowest BCUT2D eigenvalue weighted by molar-refractivity contribution is 0.0681. The summed E-state index contributed by atoms with van der Waals surface area (Å²) in [7, 11) is 1.75. The number of amides is 1. The molecule has 2 aliphatic rings. The van der Waals surface area contributed by atoms with Crippen molar-refractivity contribution in [1.82, 2.24) is 10.2 Å². The molecule has 0 spiro atoms. The lowest BCUT2D eigenvalue weighted by Gasteiger charge is -2.35. The molecule has 6 heteroatoms. The van der Waals surface area contributed by atoms with Gasteiger partial charge in [0.1, 0.15) is 0 Å². The molecule has 21 heavy (non-hydrogen) atoms. The highest BCUT2D eigenvalue weighted by Gasteiger charge is 2.36. The van der Waals surface area contributed by atoms with Crippen molar-refractivity contribution >= 4 is 18.3 Å². The lowest BCUT2D eigenvalue weighted by atomic mass is 9.98. The minimum atomic E-state index is -0.977. The molecule has 2 bridgehead atoms. The van der Waals surface area contributed by atoms with Crippen molar-refractivity contribution in [2.75, 3.05) is 7.05 Å². The fourth-order valence-corrected chi connectivity index (χ4v) is 3.34. The topological polar surface area (TPSA) is 32.3 Å². The van der Waals surface area contributed by atoms with Gasteiger partial charge in [-0.15, -0.1) is 12.4 Å². The van der Waals surface area contributed by atoms with Crippen molar-refractivity contribution in [1.29, 1.82) is 0 Å². The van der Waals surface area contributed by atoms with Crippen LogP contribution in [0.2, 0.25) is 0 Å². The normalized spacial score (nSPS) is 27.1. The van der Waals surface area contributed by atoms with Gasteiger partial charge in [-0.1, -0.05) is 0 Å². The number of rotatable bonds is 2. The summed E-state index contributed by atoms with van der Waals surface area (Å²) in [4.78, 5) is 14.0. The standard InChI is InChI=1S/C15H18F2N2O.ClH/c1-19(12-7-10-3-4-11(8-12)18-10)15(20)9-2-5-13(16)14(17)6-9;/h2,5-6,10-12,18H,3-4,7-8H2,1H3;1H. The van der Waals surface area contributed by atoms with E-state index < -0.39 is 11.6 Å². The number of benzene rings is 1. The Morgan fingerprint density at radius 1 is 1.19 bits per heavy atom. The Balaban J connectivity index is 0.00000161. The Morgan fingerprint density at radius 3 is 2.38 bits per heavy atom. The summed E-state index contributed by atoms with van der Waals surface area (Å²) in [6.07, 6.45) is 4.19. The molecule has 1 aromatic carbocycles. The summed E-state index contributed by atoms with van der Waals surface area (Å²) in [5, 5.41) is 3.52. The van der Waals surface area contributed by atoms with Gasteiger partial charge in [0.15, 0.2) is 11.6 Å². The maximum atomic E-state index is 13.2. The number of halogens is 3. The van der Waals surface area contributed by atoms with Crippen LogP contribution in [0.3, 0.4) is 0 Å². The van der Waals surface area contributed by atoms with Gasteiger partial charge < -0.3 is 10.2 Å². The summed E-state index contributed by atoms with van der Waals surface area (Å²) < 4.78 is 26.1. The number of nitrogens with zero attached hydrogens (tertiary/aromatic N) is 1. The van der Waals surface area contributed by atoms with E-state index in [4.69, 9.17) is 0 Å². The number of carbonyl (C=O) groups is 1. The summed E-state index contributed by atoms with van der Waals surface area (Å²) in [5.74, 6) is -2.14. The molecule has 1 aromatic rings. The number of carbonyl (C=O) groups excluding carboxylic acids is 1. The van der Waals surface area contributed by atoms with Gasteiger partial charge in [0.25, 0.3) is 5.91 Å². The molecule has 0 aromatic heterocycles. The van der Waals surface area contributed by atoms with Crippen LogP contribution in [0.15, 0.2) is 18.2 Å². The zero-order valence-corrected chi connectivity index (χ0v) is 12.6. The van der Waals surface area contributed by atoms with Crippen molar-refractivity contribution in [2.45, 2.75) is 43.8 Å². The van der Waals surface area contributed by atoms with Gasteiger partial charge in [-0.3, -0.25) is 4.79 Å². The monoisotopic (exact) mass is 316 g/mol. The van der Waals surface area contributed by atoms with E-state index in [0.29, 0.717) is 12.1 Å². The van der Waals surface area contributed by atoms with Crippen LogP contribution in [-0.4, -0.2) is 36.0 Å². The van der Waals surface area contributed by atoms with Crippen LogP contribution in [0.1, 0.15) is 36.0 Å². The summed E-state index contributed by atoms with van der Waals surface area (Å²) in [5.41, 5.74) is 0.206. The lowest BCUT2D eigenvalue weighted by Crippen LogP contribution is -2.48. The van der Waals surface area contributed by atoms with Crippen molar-refractivity contribution in [3.8, 4) is 0 Å². The zero-order chi connectivity index (χ0) is 14.3. The predicted molar refractivity (Wildman–Crippen MR) is 78.7 cm³/mol. The van der Waals surface area contributed by atoms with E-state index in [1.54, 1.807) is 11.9 Å². The highest BCUT2D eigenvalue weighted by molar-refractivity contribution is 5.94. The van der Waals surface area contributed by atoms with E-state index in [-0.39, 0.29) is 29.9 Å². The molecule has 1 N–H and O–H groups in total. The van der Waals surface area contributed by atoms with E-state index in [9.17, 15) is 13.6 Å². The third kappa shape index (κ3) is 3.19. The highest BCUT2D eigenvalue weighted by Crippen LogP contribution is 2.29. The molecular formula is C15H19ClF2N2O. The molecule has 0 saturated carbocycles. The second-order valence-corrected chi connectivity index (χ2v) is 5.81. The molecule has 1 amide bonds. The van der Waals surface area contributed by atoms with Crippen molar-refractivity contribution < 1.29 is 13.6 Å². The molecule has 2 fully saturated rings. The first-order valence-electron chi connectivity index (χ1n) is 7.03. The van der Waals surface area contributed by atoms with E-state index >= 15 is 0 Å². The van der Waals surface area contributed by atoms with Crippen molar-refractivity contribution in [3.63, 3.8) is 0 Å². The minimum Gasteiger partial charge on any atom is -0.339 e. The number of piperidine rings is 1. The van der Waals surface area contributed by atoms with E-state index in [2.05, 4.69) is 5.32 Å². The molecule has 2 heterocycles. The Labute approximate surface area is 129 Å². The van der Waals surface area contributed by atoms with Crippen LogP contribution in [0.25, 0.3) is 0 Å². The Bertz CT molecular complexity index is 528. The molecule has 2 atom stereocenters. The fourth-order valence-electron chi connectivity index (χ4n) is 3.34. The first-order chi connectivity index (χ1) is 9.54. The van der Waals surface area contributed by atoms with Gasteiger partial charge >= 0.3 is 0 Å². The first-order valence-corrected chi connectivity index (χ1v) is 7.03. The molecule has 3 nitrogen and oxygen atoms in total. The number of hydrogen-bond donors (Lipinski definition) is 1. The van der Waals surface area contributed by atoms with Crippen LogP contribution in [0, 0.1) is 11.6 Å². The van der Waals surface area contributed by atoms with E-state index in [1.807, 2.05) is 0 Å². The van der Waals surface area contributed by atoms with E-state index in [0.717, 1.165) is 37.8 Å². The van der Waals surface area contributed by atoms with Crippen molar-refractivity contribution in [3.05, 3.63) is 35.4 Å². The predicted octanol–water partition coefficient (Wildman–Crippen LogP) is 2.74. The largest absolute Gasteiger partial charge is 0.339 e. The first kappa shape index (κ1) is 16.2. The maximum Gasteiger partial charge on any atom is 0.253 e. The van der Waals surface area contributed by atoms with Crippen LogP contribution >= 0.6 is 12.4 Å². The van der Waals surface area contributed by atoms with Crippen molar-refractivity contribution in [2.24, 2.45) is 0 Å². The van der Waals surface area contributed by atoms with Gasteiger partial charge in [0.05, 0.1) is 0 Å². The molecular weight excluding hydrogens is 298 g/mol. The highest BCUT2D eigenvalue weighted by atomic mass is 35.5. The third-order valence-electron chi connectivity index (χ3n) is 4.48. The second-order valence-electron chi connectivity index (χ2n) is 5.81.